The quantitative estimate of drug-likeness (QED) is 0.764. The van der Waals surface area contributed by atoms with Crippen molar-refractivity contribution in [3.63, 3.8) is 0 Å². The van der Waals surface area contributed by atoms with Crippen molar-refractivity contribution in [1.29, 1.82) is 0 Å². The van der Waals surface area contributed by atoms with E-state index in [4.69, 9.17) is 5.11 Å². The second-order valence-corrected chi connectivity index (χ2v) is 5.48. The number of carboxylic acid groups (broad SMARTS) is 1. The maximum absolute atomic E-state index is 10.7. The fourth-order valence-corrected chi connectivity index (χ4v) is 2.50. The number of aromatic nitrogens is 1. The van der Waals surface area contributed by atoms with Crippen molar-refractivity contribution < 1.29 is 9.90 Å². The van der Waals surface area contributed by atoms with Crippen LogP contribution < -0.4 is 0 Å². The lowest BCUT2D eigenvalue weighted by Gasteiger charge is -2.15. The van der Waals surface area contributed by atoms with Crippen LogP contribution in [0.2, 0.25) is 0 Å². The molecule has 66 valence electrons. The molecule has 0 bridgehead atoms. The van der Waals surface area contributed by atoms with Gasteiger partial charge in [0.05, 0.1) is 0 Å². The highest BCUT2D eigenvalue weighted by Gasteiger charge is 2.29. The monoisotopic (exact) mass is 203 g/mol. The molecule has 0 atom stereocenters. The van der Waals surface area contributed by atoms with E-state index < -0.39 is 10.7 Å². The van der Waals surface area contributed by atoms with E-state index in [0.717, 1.165) is 4.34 Å². The summed E-state index contributed by atoms with van der Waals surface area (Å²) in [6, 6.07) is 0. The van der Waals surface area contributed by atoms with Crippen LogP contribution in [0.4, 0.5) is 0 Å². The van der Waals surface area contributed by atoms with Gasteiger partial charge >= 0.3 is 5.97 Å². The lowest BCUT2D eigenvalue weighted by atomic mass is 10.2. The van der Waals surface area contributed by atoms with Gasteiger partial charge in [-0.3, -0.25) is 4.79 Å². The molecule has 0 spiro atoms. The van der Waals surface area contributed by atoms with E-state index >= 15 is 0 Å². The van der Waals surface area contributed by atoms with Gasteiger partial charge in [-0.1, -0.05) is 11.8 Å². The Hall–Kier alpha value is -0.550. The fourth-order valence-electron chi connectivity index (χ4n) is 0.523. The molecule has 12 heavy (non-hydrogen) atoms. The van der Waals surface area contributed by atoms with Gasteiger partial charge in [0, 0.05) is 11.6 Å². The molecule has 1 rings (SSSR count). The number of rotatable bonds is 3. The molecule has 0 aliphatic rings. The third kappa shape index (κ3) is 2.22. The Morgan fingerprint density at radius 1 is 1.75 bits per heavy atom. The van der Waals surface area contributed by atoms with Crippen LogP contribution in [-0.4, -0.2) is 20.8 Å². The van der Waals surface area contributed by atoms with Gasteiger partial charge in [0.25, 0.3) is 0 Å². The van der Waals surface area contributed by atoms with Gasteiger partial charge < -0.3 is 5.11 Å². The van der Waals surface area contributed by atoms with Crippen molar-refractivity contribution in [2.75, 3.05) is 0 Å². The largest absolute Gasteiger partial charge is 0.480 e. The minimum atomic E-state index is -0.817. The molecule has 1 heterocycles. The molecule has 0 fully saturated rings. The molecule has 0 saturated carbocycles. The van der Waals surface area contributed by atoms with Crippen LogP contribution in [0.15, 0.2) is 15.9 Å². The zero-order valence-electron chi connectivity index (χ0n) is 6.77. The minimum absolute atomic E-state index is 0.794. The van der Waals surface area contributed by atoms with E-state index in [9.17, 15) is 4.79 Å². The summed E-state index contributed by atoms with van der Waals surface area (Å²) in [6.45, 7) is 3.34. The number of carbonyl (C=O) groups is 1. The smallest absolute Gasteiger partial charge is 0.319 e. The summed E-state index contributed by atoms with van der Waals surface area (Å²) in [6.07, 6.45) is 1.67. The molecule has 0 aromatic carbocycles. The average Bonchev–Trinajstić information content (AvgIpc) is 2.38. The highest BCUT2D eigenvalue weighted by atomic mass is 32.2. The van der Waals surface area contributed by atoms with E-state index in [1.807, 2.05) is 5.38 Å². The van der Waals surface area contributed by atoms with Gasteiger partial charge in [-0.25, -0.2) is 4.98 Å². The summed E-state index contributed by atoms with van der Waals surface area (Å²) in [7, 11) is 0. The normalized spacial score (nSPS) is 11.5. The first-order valence-electron chi connectivity index (χ1n) is 3.34. The Bertz CT molecular complexity index is 269. The van der Waals surface area contributed by atoms with Crippen molar-refractivity contribution >= 4 is 29.1 Å². The molecule has 0 aliphatic carbocycles. The summed E-state index contributed by atoms with van der Waals surface area (Å²) in [5.74, 6) is -0.817. The van der Waals surface area contributed by atoms with Gasteiger partial charge in [0.1, 0.15) is 4.75 Å². The molecule has 0 aliphatic heterocycles. The first kappa shape index (κ1) is 9.54. The number of hydrogen-bond acceptors (Lipinski definition) is 4. The van der Waals surface area contributed by atoms with Crippen molar-refractivity contribution in [3.8, 4) is 0 Å². The van der Waals surface area contributed by atoms with Crippen LogP contribution >= 0.6 is 23.1 Å². The molecular formula is C7H9NO2S2. The first-order chi connectivity index (χ1) is 5.52. The number of hydrogen-bond donors (Lipinski definition) is 1. The highest BCUT2D eigenvalue weighted by molar-refractivity contribution is 8.02. The Kier molecular flexibility index (Phi) is 2.74. The molecule has 0 saturated heterocycles. The third-order valence-corrected chi connectivity index (χ3v) is 3.34. The Morgan fingerprint density at radius 2 is 2.42 bits per heavy atom. The molecule has 1 aromatic heterocycles. The van der Waals surface area contributed by atoms with Crippen LogP contribution in [-0.2, 0) is 4.79 Å². The fraction of sp³-hybridized carbons (Fsp3) is 0.429. The van der Waals surface area contributed by atoms with Gasteiger partial charge in [-0.05, 0) is 13.8 Å². The summed E-state index contributed by atoms with van der Waals surface area (Å²) in [4.78, 5) is 14.7. The maximum Gasteiger partial charge on any atom is 0.319 e. The zero-order chi connectivity index (χ0) is 9.19. The van der Waals surface area contributed by atoms with Gasteiger partial charge in [-0.15, -0.1) is 11.3 Å². The first-order valence-corrected chi connectivity index (χ1v) is 5.04. The molecule has 0 unspecified atom stereocenters. The van der Waals surface area contributed by atoms with Crippen LogP contribution in [0.1, 0.15) is 13.8 Å². The molecule has 1 aromatic rings. The maximum atomic E-state index is 10.7. The summed E-state index contributed by atoms with van der Waals surface area (Å²) < 4.78 is 0.0000926. The summed E-state index contributed by atoms with van der Waals surface area (Å²) >= 11 is 2.72. The summed E-state index contributed by atoms with van der Waals surface area (Å²) in [5.41, 5.74) is 0. The predicted octanol–water partition coefficient (Wildman–Crippen LogP) is 2.10. The molecule has 0 radical (unpaired) electrons. The second kappa shape index (κ2) is 3.45. The minimum Gasteiger partial charge on any atom is -0.480 e. The van der Waals surface area contributed by atoms with E-state index in [1.54, 1.807) is 20.0 Å². The number of thiazole rings is 1. The van der Waals surface area contributed by atoms with Crippen LogP contribution in [0, 0.1) is 0 Å². The van der Waals surface area contributed by atoms with Crippen molar-refractivity contribution in [3.05, 3.63) is 11.6 Å². The van der Waals surface area contributed by atoms with E-state index in [1.165, 1.54) is 23.1 Å². The number of aliphatic carboxylic acids is 1. The van der Waals surface area contributed by atoms with Crippen LogP contribution in [0.5, 0.6) is 0 Å². The van der Waals surface area contributed by atoms with Crippen LogP contribution in [0.3, 0.4) is 0 Å². The predicted molar refractivity (Wildman–Crippen MR) is 49.7 cm³/mol. The van der Waals surface area contributed by atoms with Crippen molar-refractivity contribution in [2.45, 2.75) is 22.9 Å². The topological polar surface area (TPSA) is 50.2 Å². The van der Waals surface area contributed by atoms with Crippen LogP contribution in [0.25, 0.3) is 0 Å². The van der Waals surface area contributed by atoms with Crippen molar-refractivity contribution in [2.24, 2.45) is 0 Å². The number of carboxylic acids is 1. The Labute approximate surface area is 78.8 Å². The van der Waals surface area contributed by atoms with Gasteiger partial charge in [-0.2, -0.15) is 0 Å². The molecular weight excluding hydrogens is 194 g/mol. The van der Waals surface area contributed by atoms with Crippen molar-refractivity contribution in [1.82, 2.24) is 4.98 Å². The standard InChI is InChI=1S/C7H9NO2S2/c1-7(2,5(9)10)12-6-8-3-4-11-6/h3-4H,1-2H3,(H,9,10). The highest BCUT2D eigenvalue weighted by Crippen LogP contribution is 2.33. The van der Waals surface area contributed by atoms with E-state index in [2.05, 4.69) is 4.98 Å². The number of thioether (sulfide) groups is 1. The lowest BCUT2D eigenvalue weighted by molar-refractivity contribution is -0.138. The van der Waals surface area contributed by atoms with Gasteiger partial charge in [0.15, 0.2) is 4.34 Å². The summed E-state index contributed by atoms with van der Waals surface area (Å²) in [5, 5.41) is 10.6. The lowest BCUT2D eigenvalue weighted by Crippen LogP contribution is -2.26. The zero-order valence-corrected chi connectivity index (χ0v) is 8.41. The van der Waals surface area contributed by atoms with E-state index in [-0.39, 0.29) is 0 Å². The second-order valence-electron chi connectivity index (χ2n) is 2.72. The van der Waals surface area contributed by atoms with Gasteiger partial charge in [0.2, 0.25) is 0 Å². The Balaban J connectivity index is 2.69. The molecule has 1 N–H and O–H groups in total. The molecule has 3 nitrogen and oxygen atoms in total. The average molecular weight is 203 g/mol. The SMILES string of the molecule is CC(C)(Sc1nccs1)C(=O)O. The number of nitrogens with zero attached hydrogens (tertiary/aromatic N) is 1. The Morgan fingerprint density at radius 3 is 2.83 bits per heavy atom. The van der Waals surface area contributed by atoms with E-state index in [0.29, 0.717) is 0 Å². The third-order valence-electron chi connectivity index (χ3n) is 1.27. The molecule has 0 amide bonds. The molecule has 5 heteroatoms.